The molecule has 1 aromatic rings. The van der Waals surface area contributed by atoms with Crippen LogP contribution in [0.25, 0.3) is 6.08 Å². The summed E-state index contributed by atoms with van der Waals surface area (Å²) in [6, 6.07) is 5.37. The molecule has 1 saturated heterocycles. The summed E-state index contributed by atoms with van der Waals surface area (Å²) in [5.41, 5.74) is 0.710. The molecule has 2 N–H and O–H groups in total. The Bertz CT molecular complexity index is 728. The summed E-state index contributed by atoms with van der Waals surface area (Å²) in [5, 5.41) is 18.0. The average molecular weight is 367 g/mol. The van der Waals surface area contributed by atoms with Gasteiger partial charge in [0.15, 0.2) is 0 Å². The monoisotopic (exact) mass is 367 g/mol. The molecular formula is C15H13NO6S2. The Hall–Kier alpha value is -2.39. The summed E-state index contributed by atoms with van der Waals surface area (Å²) in [6.07, 6.45) is 0.843. The van der Waals surface area contributed by atoms with E-state index in [0.717, 1.165) is 16.7 Å². The molecule has 0 unspecified atom stereocenters. The highest BCUT2D eigenvalue weighted by Crippen LogP contribution is 2.34. The number of benzene rings is 1. The highest BCUT2D eigenvalue weighted by atomic mass is 32.2. The van der Waals surface area contributed by atoms with E-state index < -0.39 is 30.3 Å². The van der Waals surface area contributed by atoms with Gasteiger partial charge in [-0.3, -0.25) is 14.5 Å². The number of thiocarbonyl (C=S) groups is 1. The van der Waals surface area contributed by atoms with Gasteiger partial charge in [0.2, 0.25) is 0 Å². The third kappa shape index (κ3) is 3.92. The molecule has 1 heterocycles. The van der Waals surface area contributed by atoms with Crippen molar-refractivity contribution in [3.8, 4) is 5.75 Å². The van der Waals surface area contributed by atoms with Gasteiger partial charge >= 0.3 is 11.9 Å². The van der Waals surface area contributed by atoms with E-state index in [4.69, 9.17) is 22.1 Å². The van der Waals surface area contributed by atoms with Crippen LogP contribution >= 0.6 is 24.0 Å². The van der Waals surface area contributed by atoms with Gasteiger partial charge in [0.1, 0.15) is 16.1 Å². The molecule has 0 aliphatic carbocycles. The number of hydrogen-bond donors (Lipinski definition) is 2. The van der Waals surface area contributed by atoms with Gasteiger partial charge in [0.05, 0.1) is 18.4 Å². The topological polar surface area (TPSA) is 104 Å². The molecular weight excluding hydrogens is 354 g/mol. The molecule has 0 spiro atoms. The van der Waals surface area contributed by atoms with Crippen LogP contribution in [0.15, 0.2) is 29.2 Å². The van der Waals surface area contributed by atoms with E-state index in [1.807, 2.05) is 0 Å². The molecule has 0 saturated carbocycles. The van der Waals surface area contributed by atoms with E-state index in [1.165, 1.54) is 7.11 Å². The Balaban J connectivity index is 2.27. The number of carboxylic acid groups (broad SMARTS) is 2. The van der Waals surface area contributed by atoms with Crippen molar-refractivity contribution in [1.29, 1.82) is 0 Å². The van der Waals surface area contributed by atoms with Gasteiger partial charge in [-0.05, 0) is 23.8 Å². The maximum atomic E-state index is 12.4. The first kappa shape index (κ1) is 18.0. The SMILES string of the molecule is COc1ccc(/C=C2\SC(=S)N([C@@H](CC(=O)O)C(=O)O)C2=O)cc1. The van der Waals surface area contributed by atoms with Crippen LogP contribution in [0.2, 0.25) is 0 Å². The molecule has 0 bridgehead atoms. The van der Waals surface area contributed by atoms with Crippen LogP contribution < -0.4 is 4.74 Å². The minimum atomic E-state index is -1.53. The molecule has 1 aliphatic rings. The predicted molar refractivity (Wildman–Crippen MR) is 91.7 cm³/mol. The van der Waals surface area contributed by atoms with E-state index in [1.54, 1.807) is 30.3 Å². The van der Waals surface area contributed by atoms with Crippen molar-refractivity contribution in [2.24, 2.45) is 0 Å². The number of methoxy groups -OCH3 is 1. The molecule has 0 aromatic heterocycles. The van der Waals surface area contributed by atoms with Gasteiger partial charge < -0.3 is 14.9 Å². The zero-order valence-corrected chi connectivity index (χ0v) is 14.1. The number of rotatable bonds is 6. The third-order valence-corrected chi connectivity index (χ3v) is 4.53. The van der Waals surface area contributed by atoms with Crippen molar-refractivity contribution in [3.05, 3.63) is 34.7 Å². The normalized spacial score (nSPS) is 17.2. The van der Waals surface area contributed by atoms with Crippen LogP contribution in [0.5, 0.6) is 5.75 Å². The minimum Gasteiger partial charge on any atom is -0.497 e. The largest absolute Gasteiger partial charge is 0.497 e. The molecule has 1 aromatic carbocycles. The van der Waals surface area contributed by atoms with Gasteiger partial charge in [-0.15, -0.1) is 0 Å². The third-order valence-electron chi connectivity index (χ3n) is 3.20. The van der Waals surface area contributed by atoms with Crippen molar-refractivity contribution < 1.29 is 29.3 Å². The second-order valence-corrected chi connectivity index (χ2v) is 6.45. The number of carboxylic acids is 2. The summed E-state index contributed by atoms with van der Waals surface area (Å²) in [4.78, 5) is 35.6. The van der Waals surface area contributed by atoms with Gasteiger partial charge in [0.25, 0.3) is 5.91 Å². The first-order chi connectivity index (χ1) is 11.3. The van der Waals surface area contributed by atoms with Crippen molar-refractivity contribution in [2.75, 3.05) is 7.11 Å². The minimum absolute atomic E-state index is 0.0217. The molecule has 7 nitrogen and oxygen atoms in total. The van der Waals surface area contributed by atoms with Crippen LogP contribution in [0.4, 0.5) is 0 Å². The maximum Gasteiger partial charge on any atom is 0.327 e. The number of ether oxygens (including phenoxy) is 1. The Morgan fingerprint density at radius 2 is 1.96 bits per heavy atom. The van der Waals surface area contributed by atoms with Crippen LogP contribution in [-0.4, -0.2) is 50.4 Å². The lowest BCUT2D eigenvalue weighted by Crippen LogP contribution is -2.45. The fraction of sp³-hybridized carbons (Fsp3) is 0.200. The Kier molecular flexibility index (Phi) is 5.58. The lowest BCUT2D eigenvalue weighted by Gasteiger charge is -2.21. The molecule has 1 atom stereocenters. The van der Waals surface area contributed by atoms with Crippen LogP contribution in [-0.2, 0) is 14.4 Å². The van der Waals surface area contributed by atoms with Crippen molar-refractivity contribution in [1.82, 2.24) is 4.90 Å². The number of carbonyl (C=O) groups is 3. The Morgan fingerprint density at radius 3 is 2.46 bits per heavy atom. The highest BCUT2D eigenvalue weighted by molar-refractivity contribution is 8.26. The number of amides is 1. The number of hydrogen-bond acceptors (Lipinski definition) is 6. The van der Waals surface area contributed by atoms with Crippen LogP contribution in [0, 0.1) is 0 Å². The molecule has 1 fully saturated rings. The first-order valence-electron chi connectivity index (χ1n) is 6.69. The molecule has 2 rings (SSSR count). The standard InChI is InChI=1S/C15H13NO6S2/c1-22-9-4-2-8(3-5-9)6-11-13(19)16(15(23)24-11)10(14(20)21)7-12(17)18/h2-6,10H,7H2,1H3,(H,17,18)(H,20,21)/b11-6-/t10-/m0/s1. The zero-order valence-electron chi connectivity index (χ0n) is 12.5. The number of aliphatic carboxylic acids is 2. The summed E-state index contributed by atoms with van der Waals surface area (Å²) in [5.74, 6) is -2.70. The molecule has 9 heteroatoms. The van der Waals surface area contributed by atoms with E-state index in [9.17, 15) is 19.5 Å². The molecule has 0 radical (unpaired) electrons. The van der Waals surface area contributed by atoms with Gasteiger partial charge in [0, 0.05) is 0 Å². The average Bonchev–Trinajstić information content (AvgIpc) is 2.79. The van der Waals surface area contributed by atoms with Crippen molar-refractivity contribution >= 4 is 52.2 Å². The van der Waals surface area contributed by atoms with Gasteiger partial charge in [-0.25, -0.2) is 4.79 Å². The second-order valence-electron chi connectivity index (χ2n) is 4.78. The van der Waals surface area contributed by atoms with Crippen LogP contribution in [0.3, 0.4) is 0 Å². The molecule has 24 heavy (non-hydrogen) atoms. The molecule has 1 aliphatic heterocycles. The van der Waals surface area contributed by atoms with E-state index in [2.05, 4.69) is 0 Å². The van der Waals surface area contributed by atoms with Crippen molar-refractivity contribution in [3.63, 3.8) is 0 Å². The zero-order chi connectivity index (χ0) is 17.9. The van der Waals surface area contributed by atoms with Crippen molar-refractivity contribution in [2.45, 2.75) is 12.5 Å². The lowest BCUT2D eigenvalue weighted by molar-refractivity contribution is -0.150. The smallest absolute Gasteiger partial charge is 0.327 e. The summed E-state index contributed by atoms with van der Waals surface area (Å²) in [7, 11) is 1.54. The predicted octanol–water partition coefficient (Wildman–Crippen LogP) is 1.82. The van der Waals surface area contributed by atoms with Crippen LogP contribution in [0.1, 0.15) is 12.0 Å². The van der Waals surface area contributed by atoms with E-state index in [0.29, 0.717) is 11.3 Å². The first-order valence-corrected chi connectivity index (χ1v) is 7.91. The maximum absolute atomic E-state index is 12.4. The van der Waals surface area contributed by atoms with E-state index in [-0.39, 0.29) is 9.23 Å². The summed E-state index contributed by atoms with van der Waals surface area (Å²) >= 11 is 5.99. The number of nitrogens with zero attached hydrogens (tertiary/aromatic N) is 1. The van der Waals surface area contributed by atoms with E-state index >= 15 is 0 Å². The number of thioether (sulfide) groups is 1. The lowest BCUT2D eigenvalue weighted by atomic mass is 10.1. The highest BCUT2D eigenvalue weighted by Gasteiger charge is 2.41. The quantitative estimate of drug-likeness (QED) is 0.580. The second kappa shape index (κ2) is 7.45. The van der Waals surface area contributed by atoms with Gasteiger partial charge in [-0.1, -0.05) is 36.1 Å². The molecule has 1 amide bonds. The fourth-order valence-electron chi connectivity index (χ4n) is 2.05. The Labute approximate surface area is 146 Å². The summed E-state index contributed by atoms with van der Waals surface area (Å²) < 4.78 is 5.07. The Morgan fingerprint density at radius 1 is 1.33 bits per heavy atom. The molecule has 126 valence electrons. The summed E-state index contributed by atoms with van der Waals surface area (Å²) in [6.45, 7) is 0. The fourth-order valence-corrected chi connectivity index (χ4v) is 3.41. The number of carbonyl (C=O) groups excluding carboxylic acids is 1. The van der Waals surface area contributed by atoms with Gasteiger partial charge in [-0.2, -0.15) is 0 Å².